The molecular weight excluding hydrogens is 495 g/mol. The molecular formula is C29H34Cl2N2O3. The lowest BCUT2D eigenvalue weighted by atomic mass is 9.69. The van der Waals surface area contributed by atoms with Crippen LogP contribution in [0.3, 0.4) is 0 Å². The fraction of sp³-hybridized carbons (Fsp3) is 0.483. The van der Waals surface area contributed by atoms with Gasteiger partial charge < -0.3 is 9.64 Å². The van der Waals surface area contributed by atoms with Crippen molar-refractivity contribution < 1.29 is 14.3 Å². The van der Waals surface area contributed by atoms with Crippen molar-refractivity contribution >= 4 is 41.1 Å². The molecule has 2 aromatic rings. The maximum Gasteiger partial charge on any atom is 0.275 e. The van der Waals surface area contributed by atoms with Crippen LogP contribution in [0.15, 0.2) is 47.5 Å². The first kappa shape index (κ1) is 26.8. The van der Waals surface area contributed by atoms with Crippen molar-refractivity contribution in [2.45, 2.75) is 64.6 Å². The second-order valence-corrected chi connectivity index (χ2v) is 11.9. The van der Waals surface area contributed by atoms with E-state index in [0.717, 1.165) is 37.5 Å². The molecule has 1 heterocycles. The zero-order valence-corrected chi connectivity index (χ0v) is 22.9. The summed E-state index contributed by atoms with van der Waals surface area (Å²) in [6.07, 6.45) is 4.99. The largest absolute Gasteiger partial charge is 0.385 e. The Labute approximate surface area is 223 Å². The molecule has 36 heavy (non-hydrogen) atoms. The van der Waals surface area contributed by atoms with E-state index in [2.05, 4.69) is 20.8 Å². The van der Waals surface area contributed by atoms with Crippen LogP contribution in [-0.2, 0) is 9.53 Å². The fourth-order valence-electron chi connectivity index (χ4n) is 5.69. The highest BCUT2D eigenvalue weighted by atomic mass is 35.5. The minimum absolute atomic E-state index is 0.122. The third-order valence-electron chi connectivity index (χ3n) is 7.70. The number of aldehydes is 1. The van der Waals surface area contributed by atoms with E-state index in [1.54, 1.807) is 37.4 Å². The standard InChI is InChI=1S/C29H34Cl2N2O3/c1-28(2,3)22-9-12-29(13-10-22)32-26(21-15-23(30)17-24(31)16-21)27(35)33(29)25(11-14-36-4)20-7-5-19(18-34)6-8-20/h5-8,15-18,22,25H,9-14H2,1-4H3/t22?,25-,29?/m1/s1. The van der Waals surface area contributed by atoms with E-state index in [0.29, 0.717) is 45.8 Å². The van der Waals surface area contributed by atoms with Crippen molar-refractivity contribution in [1.29, 1.82) is 0 Å². The van der Waals surface area contributed by atoms with Crippen LogP contribution in [0.25, 0.3) is 0 Å². The Hall–Kier alpha value is -2.21. The summed E-state index contributed by atoms with van der Waals surface area (Å²) >= 11 is 12.6. The minimum atomic E-state index is -0.648. The van der Waals surface area contributed by atoms with Gasteiger partial charge in [0, 0.05) is 34.9 Å². The van der Waals surface area contributed by atoms with Crippen molar-refractivity contribution in [3.63, 3.8) is 0 Å². The molecule has 2 aromatic carbocycles. The van der Waals surface area contributed by atoms with Crippen molar-refractivity contribution in [3.8, 4) is 0 Å². The Kier molecular flexibility index (Phi) is 7.94. The summed E-state index contributed by atoms with van der Waals surface area (Å²) in [6, 6.07) is 12.4. The third kappa shape index (κ3) is 5.39. The van der Waals surface area contributed by atoms with Crippen LogP contribution in [0.4, 0.5) is 0 Å². The number of ether oxygens (including phenoxy) is 1. The van der Waals surface area contributed by atoms with Crippen LogP contribution in [0.2, 0.25) is 10.0 Å². The first-order valence-corrected chi connectivity index (χ1v) is 13.3. The zero-order chi connectivity index (χ0) is 26.1. The van der Waals surface area contributed by atoms with Crippen LogP contribution >= 0.6 is 23.2 Å². The number of hydrogen-bond donors (Lipinski definition) is 0. The van der Waals surface area contributed by atoms with Gasteiger partial charge in [0.1, 0.15) is 17.7 Å². The average molecular weight is 530 g/mol. The number of amides is 1. The maximum atomic E-state index is 14.2. The molecule has 7 heteroatoms. The lowest BCUT2D eigenvalue weighted by Crippen LogP contribution is -2.51. The molecule has 192 valence electrons. The zero-order valence-electron chi connectivity index (χ0n) is 21.4. The number of halogens is 2. The Morgan fingerprint density at radius 2 is 1.72 bits per heavy atom. The van der Waals surface area contributed by atoms with E-state index >= 15 is 0 Å². The Morgan fingerprint density at radius 3 is 2.25 bits per heavy atom. The number of methoxy groups -OCH3 is 1. The van der Waals surface area contributed by atoms with Crippen LogP contribution in [-0.4, -0.2) is 42.2 Å². The van der Waals surface area contributed by atoms with Crippen LogP contribution in [0.1, 0.15) is 80.4 Å². The lowest BCUT2D eigenvalue weighted by molar-refractivity contribution is -0.134. The molecule has 0 N–H and O–H groups in total. The van der Waals surface area contributed by atoms with Crippen molar-refractivity contribution in [1.82, 2.24) is 4.90 Å². The highest BCUT2D eigenvalue weighted by Gasteiger charge is 2.52. The monoisotopic (exact) mass is 528 g/mol. The summed E-state index contributed by atoms with van der Waals surface area (Å²) in [7, 11) is 1.67. The average Bonchev–Trinajstić information content (AvgIpc) is 3.10. The van der Waals surface area contributed by atoms with Gasteiger partial charge in [0.15, 0.2) is 0 Å². The van der Waals surface area contributed by atoms with Gasteiger partial charge in [0.2, 0.25) is 0 Å². The Balaban J connectivity index is 1.80. The van der Waals surface area contributed by atoms with E-state index in [4.69, 9.17) is 32.9 Å². The number of hydrogen-bond acceptors (Lipinski definition) is 4. The van der Waals surface area contributed by atoms with Crippen LogP contribution in [0, 0.1) is 11.3 Å². The first-order chi connectivity index (χ1) is 17.1. The van der Waals surface area contributed by atoms with E-state index in [9.17, 15) is 9.59 Å². The van der Waals surface area contributed by atoms with Gasteiger partial charge in [-0.15, -0.1) is 0 Å². The molecule has 1 amide bonds. The molecule has 0 unspecified atom stereocenters. The predicted molar refractivity (Wildman–Crippen MR) is 145 cm³/mol. The molecule has 0 saturated heterocycles. The van der Waals surface area contributed by atoms with Crippen LogP contribution in [0.5, 0.6) is 0 Å². The molecule has 1 fully saturated rings. The second kappa shape index (κ2) is 10.6. The summed E-state index contributed by atoms with van der Waals surface area (Å²) in [6.45, 7) is 7.34. The number of carbonyl (C=O) groups is 2. The Morgan fingerprint density at radius 1 is 1.11 bits per heavy atom. The summed E-state index contributed by atoms with van der Waals surface area (Å²) < 4.78 is 5.45. The van der Waals surface area contributed by atoms with Crippen LogP contribution < -0.4 is 0 Å². The summed E-state index contributed by atoms with van der Waals surface area (Å²) in [5.41, 5.74) is 2.15. The minimum Gasteiger partial charge on any atom is -0.385 e. The number of benzene rings is 2. The number of nitrogens with zero attached hydrogens (tertiary/aromatic N) is 2. The molecule has 1 spiro atoms. The summed E-state index contributed by atoms with van der Waals surface area (Å²) in [5, 5.41) is 0.939. The summed E-state index contributed by atoms with van der Waals surface area (Å²) in [4.78, 5) is 32.6. The normalized spacial score (nSPS) is 23.2. The van der Waals surface area contributed by atoms with Gasteiger partial charge in [-0.25, -0.2) is 0 Å². The number of rotatable bonds is 7. The highest BCUT2D eigenvalue weighted by molar-refractivity contribution is 6.47. The first-order valence-electron chi connectivity index (χ1n) is 12.5. The molecule has 2 aliphatic rings. The summed E-state index contributed by atoms with van der Waals surface area (Å²) in [5.74, 6) is 0.437. The molecule has 0 aromatic heterocycles. The quantitative estimate of drug-likeness (QED) is 0.358. The van der Waals surface area contributed by atoms with Gasteiger partial charge in [-0.1, -0.05) is 68.2 Å². The molecule has 0 radical (unpaired) electrons. The molecule has 1 aliphatic heterocycles. The van der Waals surface area contributed by atoms with Gasteiger partial charge in [0.05, 0.1) is 6.04 Å². The smallest absolute Gasteiger partial charge is 0.275 e. The van der Waals surface area contributed by atoms with Crippen molar-refractivity contribution in [2.75, 3.05) is 13.7 Å². The van der Waals surface area contributed by atoms with E-state index in [1.807, 2.05) is 17.0 Å². The van der Waals surface area contributed by atoms with E-state index in [-0.39, 0.29) is 17.4 Å². The molecule has 1 atom stereocenters. The van der Waals surface area contributed by atoms with E-state index in [1.165, 1.54) is 0 Å². The van der Waals surface area contributed by atoms with Crippen molar-refractivity contribution in [3.05, 3.63) is 69.2 Å². The highest BCUT2D eigenvalue weighted by Crippen LogP contribution is 2.49. The van der Waals surface area contributed by atoms with Gasteiger partial charge in [-0.2, -0.15) is 0 Å². The lowest BCUT2D eigenvalue weighted by Gasteiger charge is -2.47. The molecule has 4 rings (SSSR count). The molecule has 1 saturated carbocycles. The SMILES string of the molecule is COCC[C@H](c1ccc(C=O)cc1)N1C(=O)C(c2cc(Cl)cc(Cl)c2)=NC12CCC(C(C)(C)C)CC2. The number of aliphatic imine (C=N–C) groups is 1. The third-order valence-corrected chi connectivity index (χ3v) is 8.14. The Bertz CT molecular complexity index is 1130. The number of carbonyl (C=O) groups excluding carboxylic acids is 2. The maximum absolute atomic E-state index is 14.2. The second-order valence-electron chi connectivity index (χ2n) is 11.0. The molecule has 5 nitrogen and oxygen atoms in total. The predicted octanol–water partition coefficient (Wildman–Crippen LogP) is 7.15. The van der Waals surface area contributed by atoms with Gasteiger partial charge in [-0.05, 0) is 67.2 Å². The fourth-order valence-corrected chi connectivity index (χ4v) is 6.22. The molecule has 0 bridgehead atoms. The van der Waals surface area contributed by atoms with Gasteiger partial charge >= 0.3 is 0 Å². The topological polar surface area (TPSA) is 59.0 Å². The van der Waals surface area contributed by atoms with Gasteiger partial charge in [-0.3, -0.25) is 14.6 Å². The van der Waals surface area contributed by atoms with Gasteiger partial charge in [0.25, 0.3) is 5.91 Å². The van der Waals surface area contributed by atoms with E-state index < -0.39 is 5.66 Å². The molecule has 1 aliphatic carbocycles. The van der Waals surface area contributed by atoms with Crippen molar-refractivity contribution in [2.24, 2.45) is 16.3 Å².